The third-order valence-corrected chi connectivity index (χ3v) is 5.10. The van der Waals surface area contributed by atoms with Gasteiger partial charge in [0.2, 0.25) is 11.8 Å². The number of nitrogens with one attached hydrogen (secondary N) is 2. The lowest BCUT2D eigenvalue weighted by Gasteiger charge is -2.30. The maximum atomic E-state index is 13.0. The average Bonchev–Trinajstić information content (AvgIpc) is 2.71. The first kappa shape index (κ1) is 26.8. The fraction of sp³-hybridized carbons (Fsp3) is 0.652. The molecule has 1 aromatic rings. The predicted octanol–water partition coefficient (Wildman–Crippen LogP) is 3.80. The lowest BCUT2D eigenvalue weighted by Crippen LogP contribution is -2.45. The second-order valence-electron chi connectivity index (χ2n) is 9.52. The Labute approximate surface area is 193 Å². The van der Waals surface area contributed by atoms with Gasteiger partial charge in [0.25, 0.3) is 0 Å². The Bertz CT molecular complexity index is 773. The van der Waals surface area contributed by atoms with Gasteiger partial charge in [-0.05, 0) is 43.0 Å². The Hall–Kier alpha value is -2.49. The molecule has 0 aliphatic carbocycles. The Morgan fingerprint density at radius 1 is 1.12 bits per heavy atom. The molecule has 1 unspecified atom stereocenters. The highest BCUT2D eigenvalue weighted by Crippen LogP contribution is 2.27. The number of alkyl halides is 3. The van der Waals surface area contributed by atoms with E-state index in [9.17, 15) is 22.8 Å². The van der Waals surface area contributed by atoms with Gasteiger partial charge in [0.05, 0.1) is 13.2 Å². The minimum Gasteiger partial charge on any atom is -0.406 e. The molecule has 2 rings (SSSR count). The number of ether oxygens (including phenoxy) is 2. The average molecular weight is 474 g/mol. The van der Waals surface area contributed by atoms with Crippen LogP contribution in [0.2, 0.25) is 0 Å². The fourth-order valence-corrected chi connectivity index (χ4v) is 3.61. The summed E-state index contributed by atoms with van der Waals surface area (Å²) < 4.78 is 45.9. The van der Waals surface area contributed by atoms with Gasteiger partial charge in [-0.2, -0.15) is 0 Å². The first-order valence-corrected chi connectivity index (χ1v) is 11.1. The first-order valence-electron chi connectivity index (χ1n) is 11.1. The van der Waals surface area contributed by atoms with E-state index in [0.717, 1.165) is 0 Å². The van der Waals surface area contributed by atoms with Gasteiger partial charge < -0.3 is 25.0 Å². The molecule has 1 aliphatic rings. The summed E-state index contributed by atoms with van der Waals surface area (Å²) in [7, 11) is 0. The number of morpholine rings is 1. The van der Waals surface area contributed by atoms with E-state index in [0.29, 0.717) is 45.0 Å². The zero-order chi connectivity index (χ0) is 24.6. The Kier molecular flexibility index (Phi) is 9.39. The number of rotatable bonds is 9. The first-order chi connectivity index (χ1) is 15.3. The number of nitrogens with zero attached hydrogens (tertiary/aromatic N) is 1. The molecule has 2 amide bonds. The maximum Gasteiger partial charge on any atom is 0.573 e. The van der Waals surface area contributed by atoms with Crippen molar-refractivity contribution in [3.05, 3.63) is 24.3 Å². The van der Waals surface area contributed by atoms with Crippen molar-refractivity contribution in [1.82, 2.24) is 10.2 Å². The van der Waals surface area contributed by atoms with E-state index in [1.165, 1.54) is 24.3 Å². The molecule has 0 aromatic heterocycles. The molecule has 186 valence electrons. The van der Waals surface area contributed by atoms with Crippen LogP contribution in [-0.2, 0) is 14.3 Å². The molecule has 1 fully saturated rings. The molecule has 0 bridgehead atoms. The number of hydrogen-bond donors (Lipinski definition) is 2. The van der Waals surface area contributed by atoms with Crippen LogP contribution in [0.3, 0.4) is 0 Å². The summed E-state index contributed by atoms with van der Waals surface area (Å²) in [4.78, 5) is 27.4. The van der Waals surface area contributed by atoms with Gasteiger partial charge in [-0.25, -0.2) is 0 Å². The second kappa shape index (κ2) is 11.6. The molecule has 1 saturated heterocycles. The number of benzene rings is 1. The molecule has 2 N–H and O–H groups in total. The van der Waals surface area contributed by atoms with Crippen LogP contribution in [0.25, 0.3) is 0 Å². The Morgan fingerprint density at radius 2 is 1.73 bits per heavy atom. The summed E-state index contributed by atoms with van der Waals surface area (Å²) in [5, 5.41) is 6.03. The van der Waals surface area contributed by atoms with Crippen molar-refractivity contribution in [2.45, 2.75) is 52.9 Å². The number of carbonyl (C=O) groups excluding carboxylic acids is 2. The largest absolute Gasteiger partial charge is 0.573 e. The van der Waals surface area contributed by atoms with Gasteiger partial charge in [0.1, 0.15) is 5.75 Å². The molecule has 33 heavy (non-hydrogen) atoms. The summed E-state index contributed by atoms with van der Waals surface area (Å²) in [5.41, 5.74) is 0.467. The quantitative estimate of drug-likeness (QED) is 0.570. The molecular weight excluding hydrogens is 439 g/mol. The predicted molar refractivity (Wildman–Crippen MR) is 119 cm³/mol. The lowest BCUT2D eigenvalue weighted by atomic mass is 9.82. The maximum absolute atomic E-state index is 13.0. The third kappa shape index (κ3) is 10.3. The van der Waals surface area contributed by atoms with Crippen molar-refractivity contribution in [3.8, 4) is 5.75 Å². The normalized spacial score (nSPS) is 16.6. The Balaban J connectivity index is 1.89. The van der Waals surface area contributed by atoms with Gasteiger partial charge in [-0.3, -0.25) is 9.59 Å². The van der Waals surface area contributed by atoms with E-state index in [4.69, 9.17) is 4.74 Å². The summed E-state index contributed by atoms with van der Waals surface area (Å²) in [5.74, 6) is -0.990. The number of anilines is 1. The van der Waals surface area contributed by atoms with Crippen molar-refractivity contribution in [2.24, 2.45) is 11.3 Å². The summed E-state index contributed by atoms with van der Waals surface area (Å²) >= 11 is 0. The van der Waals surface area contributed by atoms with Crippen molar-refractivity contribution >= 4 is 17.5 Å². The lowest BCUT2D eigenvalue weighted by molar-refractivity contribution is -0.274. The second-order valence-corrected chi connectivity index (χ2v) is 9.52. The van der Waals surface area contributed by atoms with E-state index >= 15 is 0 Å². The van der Waals surface area contributed by atoms with Gasteiger partial charge >= 0.3 is 6.36 Å². The number of hydrogen-bond acceptors (Lipinski definition) is 5. The SMILES string of the molecule is CC(CNc1ccc(OC(F)(F)F)cc1)NC(=O)[C@@H](CC(=O)N1CCOCC1)CC(C)(C)C. The molecule has 0 spiro atoms. The minimum atomic E-state index is -4.74. The highest BCUT2D eigenvalue weighted by Gasteiger charge is 2.31. The van der Waals surface area contributed by atoms with Crippen LogP contribution < -0.4 is 15.4 Å². The van der Waals surface area contributed by atoms with Crippen LogP contribution >= 0.6 is 0 Å². The summed E-state index contributed by atoms with van der Waals surface area (Å²) in [6, 6.07) is 5.12. The zero-order valence-corrected chi connectivity index (χ0v) is 19.6. The topological polar surface area (TPSA) is 79.9 Å². The van der Waals surface area contributed by atoms with Crippen LogP contribution in [0, 0.1) is 11.3 Å². The fourth-order valence-electron chi connectivity index (χ4n) is 3.61. The van der Waals surface area contributed by atoms with E-state index in [1.807, 2.05) is 27.7 Å². The van der Waals surface area contributed by atoms with Gasteiger partial charge in [-0.1, -0.05) is 20.8 Å². The molecule has 0 saturated carbocycles. The number of amides is 2. The van der Waals surface area contributed by atoms with E-state index in [1.54, 1.807) is 4.90 Å². The van der Waals surface area contributed by atoms with Crippen LogP contribution in [0.1, 0.15) is 40.5 Å². The van der Waals surface area contributed by atoms with Crippen LogP contribution in [-0.4, -0.2) is 62.0 Å². The third-order valence-electron chi connectivity index (χ3n) is 5.10. The molecule has 1 heterocycles. The van der Waals surface area contributed by atoms with Crippen LogP contribution in [0.4, 0.5) is 18.9 Å². The Morgan fingerprint density at radius 3 is 2.27 bits per heavy atom. The van der Waals surface area contributed by atoms with Crippen molar-refractivity contribution in [2.75, 3.05) is 38.2 Å². The molecule has 7 nitrogen and oxygen atoms in total. The van der Waals surface area contributed by atoms with Gasteiger partial charge in [0.15, 0.2) is 0 Å². The van der Waals surface area contributed by atoms with E-state index < -0.39 is 12.3 Å². The van der Waals surface area contributed by atoms with E-state index in [-0.39, 0.29) is 35.4 Å². The van der Waals surface area contributed by atoms with Gasteiger partial charge in [0, 0.05) is 43.7 Å². The number of halogens is 3. The van der Waals surface area contributed by atoms with Crippen LogP contribution in [0.5, 0.6) is 5.75 Å². The zero-order valence-electron chi connectivity index (χ0n) is 19.6. The van der Waals surface area contributed by atoms with E-state index in [2.05, 4.69) is 15.4 Å². The standard InChI is InChI=1S/C23H34F3N3O4/c1-16(15-27-18-5-7-19(8-6-18)33-23(24,25)26)28-21(31)17(14-22(2,3)4)13-20(30)29-9-11-32-12-10-29/h5-8,16-17,27H,9-15H2,1-4H3,(H,28,31)/t16?,17-/m0/s1. The van der Waals surface area contributed by atoms with Crippen molar-refractivity contribution < 1.29 is 32.2 Å². The molecule has 1 aliphatic heterocycles. The highest BCUT2D eigenvalue weighted by atomic mass is 19.4. The molecular formula is C23H34F3N3O4. The molecule has 10 heteroatoms. The molecule has 0 radical (unpaired) electrons. The summed E-state index contributed by atoms with van der Waals surface area (Å²) in [6.07, 6.45) is -4.03. The van der Waals surface area contributed by atoms with Crippen molar-refractivity contribution in [1.29, 1.82) is 0 Å². The van der Waals surface area contributed by atoms with Gasteiger partial charge in [-0.15, -0.1) is 13.2 Å². The monoisotopic (exact) mass is 473 g/mol. The molecule has 2 atom stereocenters. The summed E-state index contributed by atoms with van der Waals surface area (Å²) in [6.45, 7) is 10.4. The van der Waals surface area contributed by atoms with Crippen molar-refractivity contribution in [3.63, 3.8) is 0 Å². The minimum absolute atomic E-state index is 0.0466. The smallest absolute Gasteiger partial charge is 0.406 e. The van der Waals surface area contributed by atoms with Crippen LogP contribution in [0.15, 0.2) is 24.3 Å². The highest BCUT2D eigenvalue weighted by molar-refractivity contribution is 5.86. The number of carbonyl (C=O) groups is 2. The molecule has 1 aromatic carbocycles.